The monoisotopic (exact) mass is 625 g/mol. The van der Waals surface area contributed by atoms with Crippen molar-refractivity contribution in [3.8, 4) is 0 Å². The highest BCUT2D eigenvalue weighted by Crippen LogP contribution is 2.33. The smallest absolute Gasteiger partial charge is 0.323 e. The molecule has 2 fully saturated rings. The van der Waals surface area contributed by atoms with Crippen LogP contribution >= 0.6 is 0 Å². The van der Waals surface area contributed by atoms with Gasteiger partial charge in [-0.15, -0.1) is 0 Å². The average Bonchev–Trinajstić information content (AvgIpc) is 3.06. The van der Waals surface area contributed by atoms with Gasteiger partial charge in [0.15, 0.2) is 0 Å². The Morgan fingerprint density at radius 1 is 0.826 bits per heavy atom. The van der Waals surface area contributed by atoms with Crippen LogP contribution in [0.2, 0.25) is 0 Å². The molecule has 0 bridgehead atoms. The van der Waals surface area contributed by atoms with Gasteiger partial charge in [-0.1, -0.05) is 76.2 Å². The molecule has 3 amide bonds. The third kappa shape index (κ3) is 8.89. The summed E-state index contributed by atoms with van der Waals surface area (Å²) in [6.07, 6.45) is 3.23. The molecule has 0 aliphatic carbocycles. The van der Waals surface area contributed by atoms with E-state index < -0.39 is 0 Å². The van der Waals surface area contributed by atoms with Crippen molar-refractivity contribution in [1.82, 2.24) is 10.2 Å². The second kappa shape index (κ2) is 16.1. The van der Waals surface area contributed by atoms with E-state index in [1.807, 2.05) is 18.2 Å². The van der Waals surface area contributed by atoms with Crippen LogP contribution in [0, 0.1) is 5.92 Å². The molecule has 2 aliphatic rings. The van der Waals surface area contributed by atoms with Crippen molar-refractivity contribution in [2.45, 2.75) is 58.8 Å². The van der Waals surface area contributed by atoms with Crippen molar-refractivity contribution in [1.29, 1.82) is 0 Å². The number of amides is 3. The van der Waals surface area contributed by atoms with E-state index >= 15 is 0 Å². The van der Waals surface area contributed by atoms with Crippen molar-refractivity contribution < 1.29 is 14.3 Å². The number of carbonyl (C=O) groups is 2. The molecule has 0 radical (unpaired) electrons. The first-order chi connectivity index (χ1) is 22.3. The third-order valence-corrected chi connectivity index (χ3v) is 9.25. The van der Waals surface area contributed by atoms with Crippen molar-refractivity contribution in [2.75, 3.05) is 68.0 Å². The lowest BCUT2D eigenvalue weighted by Gasteiger charge is -2.35. The van der Waals surface area contributed by atoms with Gasteiger partial charge in [0.2, 0.25) is 0 Å². The predicted octanol–water partition coefficient (Wildman–Crippen LogP) is 7.10. The van der Waals surface area contributed by atoms with E-state index in [-0.39, 0.29) is 23.8 Å². The van der Waals surface area contributed by atoms with Gasteiger partial charge >= 0.3 is 6.03 Å². The van der Waals surface area contributed by atoms with Gasteiger partial charge in [0.05, 0.1) is 18.8 Å². The summed E-state index contributed by atoms with van der Waals surface area (Å²) in [5.74, 6) is 1.03. The van der Waals surface area contributed by atoms with Crippen LogP contribution in [0.25, 0.3) is 0 Å². The Morgan fingerprint density at radius 2 is 1.50 bits per heavy atom. The van der Waals surface area contributed by atoms with Gasteiger partial charge in [0.25, 0.3) is 5.91 Å². The Morgan fingerprint density at radius 3 is 2.15 bits per heavy atom. The standard InChI is InChI=1S/C38H51N5O3/c1-27(2)32-11-8-12-33(28(3)4)36(32)41-38(45)40-31-13-14-35(34(26-31)37(44)39-17-20-42-21-23-46-24-22-42)43-18-15-30(16-19-43)25-29-9-6-5-7-10-29/h5-14,26-28,30H,15-25H2,1-4H3,(H,39,44)(H2,40,41,45). The van der Waals surface area contributed by atoms with Crippen molar-refractivity contribution >= 4 is 29.0 Å². The Labute approximate surface area is 274 Å². The number of hydrogen-bond donors (Lipinski definition) is 3. The lowest BCUT2D eigenvalue weighted by molar-refractivity contribution is 0.0383. The maximum atomic E-state index is 13.7. The number of rotatable bonds is 11. The maximum Gasteiger partial charge on any atom is 0.323 e. The van der Waals surface area contributed by atoms with E-state index in [4.69, 9.17) is 4.74 Å². The van der Waals surface area contributed by atoms with Gasteiger partial charge in [-0.25, -0.2) is 4.79 Å². The zero-order chi connectivity index (χ0) is 32.5. The topological polar surface area (TPSA) is 85.9 Å². The predicted molar refractivity (Wildman–Crippen MR) is 188 cm³/mol. The highest BCUT2D eigenvalue weighted by atomic mass is 16.5. The molecule has 3 aromatic carbocycles. The number of nitrogens with one attached hydrogen (secondary N) is 3. The first kappa shape index (κ1) is 33.5. The molecule has 8 nitrogen and oxygen atoms in total. The van der Waals surface area contributed by atoms with Gasteiger partial charge in [-0.2, -0.15) is 0 Å². The minimum atomic E-state index is -0.317. The molecular weight excluding hydrogens is 574 g/mol. The van der Waals surface area contributed by atoms with Crippen LogP contribution in [0.1, 0.15) is 79.4 Å². The van der Waals surface area contributed by atoms with Crippen LogP contribution in [0.15, 0.2) is 66.7 Å². The first-order valence-corrected chi connectivity index (χ1v) is 17.0. The second-order valence-electron chi connectivity index (χ2n) is 13.3. The molecule has 0 atom stereocenters. The van der Waals surface area contributed by atoms with Gasteiger partial charge in [-0.05, 0) is 71.9 Å². The number of ether oxygens (including phenoxy) is 1. The summed E-state index contributed by atoms with van der Waals surface area (Å²) in [5.41, 5.74) is 6.55. The van der Waals surface area contributed by atoms with Crippen molar-refractivity contribution in [3.63, 3.8) is 0 Å². The van der Waals surface area contributed by atoms with Crippen LogP contribution in [0.3, 0.4) is 0 Å². The summed E-state index contributed by atoms with van der Waals surface area (Å²) in [5, 5.41) is 9.31. The van der Waals surface area contributed by atoms with Crippen LogP contribution in [-0.4, -0.2) is 69.3 Å². The molecule has 3 N–H and O–H groups in total. The highest BCUT2D eigenvalue weighted by Gasteiger charge is 2.24. The number of benzene rings is 3. The Bertz CT molecular complexity index is 1420. The molecule has 2 saturated heterocycles. The zero-order valence-corrected chi connectivity index (χ0v) is 28.0. The first-order valence-electron chi connectivity index (χ1n) is 17.0. The number of carbonyl (C=O) groups excluding carboxylic acids is 2. The molecule has 3 aromatic rings. The third-order valence-electron chi connectivity index (χ3n) is 9.25. The minimum absolute atomic E-state index is 0.119. The van der Waals surface area contributed by atoms with Crippen molar-refractivity contribution in [3.05, 3.63) is 89.0 Å². The second-order valence-corrected chi connectivity index (χ2v) is 13.3. The van der Waals surface area contributed by atoms with E-state index in [0.29, 0.717) is 23.7 Å². The fourth-order valence-electron chi connectivity index (χ4n) is 6.62. The zero-order valence-electron chi connectivity index (χ0n) is 28.0. The molecule has 0 aromatic heterocycles. The molecule has 246 valence electrons. The van der Waals surface area contributed by atoms with E-state index in [2.05, 4.69) is 102 Å². The number of piperidine rings is 1. The molecule has 0 saturated carbocycles. The molecule has 5 rings (SSSR count). The summed E-state index contributed by atoms with van der Waals surface area (Å²) in [6, 6.07) is 22.3. The lowest BCUT2D eigenvalue weighted by Crippen LogP contribution is -2.41. The van der Waals surface area contributed by atoms with Gasteiger partial charge in [0, 0.05) is 56.3 Å². The van der Waals surface area contributed by atoms with E-state index in [1.54, 1.807) is 0 Å². The van der Waals surface area contributed by atoms with Crippen LogP contribution in [0.4, 0.5) is 21.9 Å². The largest absolute Gasteiger partial charge is 0.379 e. The summed E-state index contributed by atoms with van der Waals surface area (Å²) < 4.78 is 5.46. The normalized spacial score (nSPS) is 16.1. The Kier molecular flexibility index (Phi) is 11.7. The summed E-state index contributed by atoms with van der Waals surface area (Å²) in [6.45, 7) is 14.9. The molecule has 2 heterocycles. The number of morpholine rings is 1. The number of nitrogens with zero attached hydrogens (tertiary/aromatic N) is 2. The quantitative estimate of drug-likeness (QED) is 0.212. The number of anilines is 3. The van der Waals surface area contributed by atoms with E-state index in [9.17, 15) is 9.59 Å². The summed E-state index contributed by atoms with van der Waals surface area (Å²) >= 11 is 0. The fraction of sp³-hybridized carbons (Fsp3) is 0.474. The molecule has 0 spiro atoms. The highest BCUT2D eigenvalue weighted by molar-refractivity contribution is 6.04. The van der Waals surface area contributed by atoms with Gasteiger partial charge in [0.1, 0.15) is 0 Å². The van der Waals surface area contributed by atoms with E-state index in [1.165, 1.54) is 5.56 Å². The Hall–Kier alpha value is -3.88. The molecule has 2 aliphatic heterocycles. The maximum absolute atomic E-state index is 13.7. The van der Waals surface area contributed by atoms with Gasteiger partial charge < -0.3 is 25.6 Å². The number of hydrogen-bond acceptors (Lipinski definition) is 5. The number of urea groups is 1. The van der Waals surface area contributed by atoms with Crippen LogP contribution < -0.4 is 20.9 Å². The molecule has 0 unspecified atom stereocenters. The lowest BCUT2D eigenvalue weighted by atomic mass is 9.89. The summed E-state index contributed by atoms with van der Waals surface area (Å²) in [7, 11) is 0. The summed E-state index contributed by atoms with van der Waals surface area (Å²) in [4.78, 5) is 31.7. The van der Waals surface area contributed by atoms with E-state index in [0.717, 1.165) is 87.7 Å². The SMILES string of the molecule is CC(C)c1cccc(C(C)C)c1NC(=O)Nc1ccc(N2CCC(Cc3ccccc3)CC2)c(C(=O)NCCN2CCOCC2)c1. The molecule has 8 heteroatoms. The minimum Gasteiger partial charge on any atom is -0.379 e. The fourth-order valence-corrected chi connectivity index (χ4v) is 6.62. The molecule has 46 heavy (non-hydrogen) atoms. The molecular formula is C38H51N5O3. The average molecular weight is 626 g/mol. The van der Waals surface area contributed by atoms with Crippen LogP contribution in [-0.2, 0) is 11.2 Å². The van der Waals surface area contributed by atoms with Crippen molar-refractivity contribution in [2.24, 2.45) is 5.92 Å². The van der Waals surface area contributed by atoms with Crippen LogP contribution in [0.5, 0.6) is 0 Å². The Balaban J connectivity index is 1.31. The van der Waals surface area contributed by atoms with Gasteiger partial charge in [-0.3, -0.25) is 9.69 Å². The number of para-hydroxylation sites is 1.